The zero-order chi connectivity index (χ0) is 20.8. The van der Waals surface area contributed by atoms with Gasteiger partial charge < -0.3 is 9.40 Å². The van der Waals surface area contributed by atoms with E-state index in [0.29, 0.717) is 16.9 Å². The van der Waals surface area contributed by atoms with Crippen LogP contribution in [-0.2, 0) is 18.6 Å². The van der Waals surface area contributed by atoms with E-state index in [1.807, 2.05) is 35.1 Å². The third kappa shape index (κ3) is 3.23. The lowest BCUT2D eigenvalue weighted by atomic mass is 10.2. The number of nitrogens with one attached hydrogen (secondary N) is 1. The normalized spacial score (nSPS) is 13.2. The van der Waals surface area contributed by atoms with Crippen LogP contribution in [0.5, 0.6) is 0 Å². The molecule has 0 unspecified atom stereocenters. The van der Waals surface area contributed by atoms with Crippen LogP contribution in [0.2, 0.25) is 0 Å². The number of halogens is 1. The van der Waals surface area contributed by atoms with Gasteiger partial charge >= 0.3 is 0 Å². The molecule has 0 bridgehead atoms. The minimum Gasteiger partial charge on any atom is -0.411 e. The summed E-state index contributed by atoms with van der Waals surface area (Å²) >= 11 is 1.49. The number of hydrogen-bond donors (Lipinski definition) is 1. The van der Waals surface area contributed by atoms with Gasteiger partial charge in [-0.15, -0.1) is 10.2 Å². The molecule has 3 aromatic heterocycles. The van der Waals surface area contributed by atoms with Crippen LogP contribution in [-0.4, -0.2) is 25.0 Å². The molecule has 1 N–H and O–H groups in total. The number of aromatic amines is 1. The number of H-pyrrole nitrogens is 1. The molecule has 8 heteroatoms. The summed E-state index contributed by atoms with van der Waals surface area (Å²) in [6.07, 6.45) is 4.99. The van der Waals surface area contributed by atoms with Crippen LogP contribution in [0.25, 0.3) is 28.0 Å². The highest BCUT2D eigenvalue weighted by Gasteiger charge is 2.24. The number of aromatic nitrogens is 5. The largest absolute Gasteiger partial charge is 0.411 e. The Hall–Kier alpha value is -3.39. The number of hydrogen-bond acceptors (Lipinski definition) is 5. The number of para-hydroxylation sites is 1. The summed E-state index contributed by atoms with van der Waals surface area (Å²) in [5.41, 5.74) is 6.34. The van der Waals surface area contributed by atoms with Crippen LogP contribution < -0.4 is 0 Å². The van der Waals surface area contributed by atoms with Crippen LogP contribution in [0.4, 0.5) is 4.39 Å². The van der Waals surface area contributed by atoms with Gasteiger partial charge in [0.05, 0.1) is 16.9 Å². The van der Waals surface area contributed by atoms with E-state index < -0.39 is 0 Å². The molecule has 6 rings (SSSR count). The quantitative estimate of drug-likeness (QED) is 0.381. The van der Waals surface area contributed by atoms with Gasteiger partial charge in [-0.2, -0.15) is 5.10 Å². The molecule has 31 heavy (non-hydrogen) atoms. The predicted octanol–water partition coefficient (Wildman–Crippen LogP) is 5.32. The third-order valence-corrected chi connectivity index (χ3v) is 6.47. The first kappa shape index (κ1) is 18.4. The van der Waals surface area contributed by atoms with E-state index in [1.54, 1.807) is 12.1 Å². The van der Waals surface area contributed by atoms with Gasteiger partial charge in [-0.1, -0.05) is 30.0 Å². The van der Waals surface area contributed by atoms with Crippen molar-refractivity contribution in [3.63, 3.8) is 0 Å². The Kier molecular flexibility index (Phi) is 4.38. The minimum atomic E-state index is -0.245. The van der Waals surface area contributed by atoms with Crippen molar-refractivity contribution in [1.29, 1.82) is 0 Å². The van der Waals surface area contributed by atoms with Gasteiger partial charge in [-0.25, -0.2) is 9.07 Å². The zero-order valence-electron chi connectivity index (χ0n) is 16.5. The summed E-state index contributed by atoms with van der Waals surface area (Å²) in [6.45, 7) is 0. The fraction of sp³-hybridized carbons (Fsp3) is 0.174. The maximum Gasteiger partial charge on any atom is 0.277 e. The van der Waals surface area contributed by atoms with E-state index in [4.69, 9.17) is 9.52 Å². The van der Waals surface area contributed by atoms with Crippen LogP contribution in [0.1, 0.15) is 23.4 Å². The molecule has 0 saturated heterocycles. The molecule has 1 aliphatic rings. The average molecular weight is 431 g/mol. The molecule has 5 aromatic rings. The Morgan fingerprint density at radius 1 is 1.06 bits per heavy atom. The second-order valence-electron chi connectivity index (χ2n) is 7.52. The van der Waals surface area contributed by atoms with Gasteiger partial charge in [-0.05, 0) is 55.2 Å². The first-order valence-electron chi connectivity index (χ1n) is 10.1. The van der Waals surface area contributed by atoms with Crippen molar-refractivity contribution in [2.45, 2.75) is 30.2 Å². The Balaban J connectivity index is 1.25. The molecule has 0 aliphatic heterocycles. The fourth-order valence-electron chi connectivity index (χ4n) is 4.18. The van der Waals surface area contributed by atoms with E-state index in [1.165, 1.54) is 35.2 Å². The minimum absolute atomic E-state index is 0.245. The van der Waals surface area contributed by atoms with E-state index in [0.717, 1.165) is 47.1 Å². The van der Waals surface area contributed by atoms with Gasteiger partial charge in [0.15, 0.2) is 0 Å². The number of fused-ring (bicyclic) bond motifs is 2. The maximum absolute atomic E-state index is 13.3. The second kappa shape index (κ2) is 7.39. The molecule has 0 fully saturated rings. The summed E-state index contributed by atoms with van der Waals surface area (Å²) in [4.78, 5) is 3.23. The highest BCUT2D eigenvalue weighted by Crippen LogP contribution is 2.33. The number of rotatable bonds is 5. The molecule has 3 heterocycles. The lowest BCUT2D eigenvalue weighted by molar-refractivity contribution is 0.466. The SMILES string of the molecule is Fc1ccc(-n2nc(CSc3nnc(-c4c[nH]c5ccccc45)o3)c3c2CCC3)cc1. The maximum atomic E-state index is 13.3. The highest BCUT2D eigenvalue weighted by molar-refractivity contribution is 7.98. The van der Waals surface area contributed by atoms with Crippen LogP contribution in [0.3, 0.4) is 0 Å². The van der Waals surface area contributed by atoms with Crippen LogP contribution in [0, 0.1) is 5.82 Å². The van der Waals surface area contributed by atoms with Crippen LogP contribution in [0.15, 0.2) is 64.4 Å². The molecule has 0 spiro atoms. The van der Waals surface area contributed by atoms with E-state index in [-0.39, 0.29) is 5.82 Å². The van der Waals surface area contributed by atoms with Crippen molar-refractivity contribution < 1.29 is 8.81 Å². The second-order valence-corrected chi connectivity index (χ2v) is 8.45. The lowest BCUT2D eigenvalue weighted by Crippen LogP contribution is -2.01. The standard InChI is InChI=1S/C23H18FN5OS/c24-14-8-10-15(11-9-14)29-21-7-3-5-17(21)20(28-29)13-31-23-27-26-22(30-23)18-12-25-19-6-2-1-4-16(18)19/h1-2,4,6,8-12,25H,3,5,7,13H2. The summed E-state index contributed by atoms with van der Waals surface area (Å²) < 4.78 is 21.2. The first-order valence-corrected chi connectivity index (χ1v) is 11.1. The van der Waals surface area contributed by atoms with E-state index in [9.17, 15) is 4.39 Å². The average Bonchev–Trinajstić information content (AvgIpc) is 3.56. The van der Waals surface area contributed by atoms with Gasteiger partial charge in [0.2, 0.25) is 0 Å². The van der Waals surface area contributed by atoms with Crippen molar-refractivity contribution in [2.75, 3.05) is 0 Å². The molecular weight excluding hydrogens is 413 g/mol. The number of benzene rings is 2. The molecule has 0 amide bonds. The van der Waals surface area contributed by atoms with Gasteiger partial charge in [0.1, 0.15) is 5.82 Å². The Morgan fingerprint density at radius 2 is 1.94 bits per heavy atom. The van der Waals surface area contributed by atoms with E-state index in [2.05, 4.69) is 15.2 Å². The monoisotopic (exact) mass is 431 g/mol. The topological polar surface area (TPSA) is 72.5 Å². The molecule has 0 saturated carbocycles. The number of nitrogens with zero attached hydrogens (tertiary/aromatic N) is 4. The summed E-state index contributed by atoms with van der Waals surface area (Å²) in [6, 6.07) is 14.5. The van der Waals surface area contributed by atoms with Gasteiger partial charge in [-0.3, -0.25) is 0 Å². The molecule has 0 atom stereocenters. The first-order chi connectivity index (χ1) is 15.3. The summed E-state index contributed by atoms with van der Waals surface area (Å²) in [7, 11) is 0. The zero-order valence-corrected chi connectivity index (χ0v) is 17.3. The predicted molar refractivity (Wildman–Crippen MR) is 117 cm³/mol. The van der Waals surface area contributed by atoms with Gasteiger partial charge in [0.25, 0.3) is 11.1 Å². The van der Waals surface area contributed by atoms with Crippen molar-refractivity contribution in [3.05, 3.63) is 77.5 Å². The van der Waals surface area contributed by atoms with Crippen molar-refractivity contribution in [2.24, 2.45) is 0 Å². The molecular formula is C23H18FN5OS. The molecule has 1 aliphatic carbocycles. The molecule has 6 nitrogen and oxygen atoms in total. The highest BCUT2D eigenvalue weighted by atomic mass is 32.2. The van der Waals surface area contributed by atoms with Crippen LogP contribution >= 0.6 is 11.8 Å². The van der Waals surface area contributed by atoms with Crippen molar-refractivity contribution in [3.8, 4) is 17.1 Å². The summed E-state index contributed by atoms with van der Waals surface area (Å²) in [5, 5.41) is 14.8. The molecule has 2 aromatic carbocycles. The van der Waals surface area contributed by atoms with Crippen molar-refractivity contribution >= 4 is 22.7 Å². The Labute approximate surface area is 181 Å². The van der Waals surface area contributed by atoms with Gasteiger partial charge in [0, 0.05) is 28.5 Å². The van der Waals surface area contributed by atoms with Crippen molar-refractivity contribution in [1.82, 2.24) is 25.0 Å². The van der Waals surface area contributed by atoms with E-state index >= 15 is 0 Å². The molecule has 0 radical (unpaired) electrons. The fourth-order valence-corrected chi connectivity index (χ4v) is 4.91. The third-order valence-electron chi connectivity index (χ3n) is 5.64. The number of thioether (sulfide) groups is 1. The smallest absolute Gasteiger partial charge is 0.277 e. The lowest BCUT2D eigenvalue weighted by Gasteiger charge is -2.05. The molecule has 154 valence electrons. The summed E-state index contributed by atoms with van der Waals surface area (Å²) in [5.74, 6) is 0.902. The Bertz CT molecular complexity index is 1390. The Morgan fingerprint density at radius 3 is 2.84 bits per heavy atom.